The number of nitrogens with zero attached hydrogens (tertiary/aromatic N) is 2. The van der Waals surface area contributed by atoms with Gasteiger partial charge in [0.25, 0.3) is 5.91 Å². The number of ether oxygens (including phenoxy) is 1. The summed E-state index contributed by atoms with van der Waals surface area (Å²) < 4.78 is 11.1. The number of amides is 2. The van der Waals surface area contributed by atoms with Gasteiger partial charge in [-0.15, -0.1) is 0 Å². The average Bonchev–Trinajstić information content (AvgIpc) is 3.40. The minimum Gasteiger partial charge on any atom is -0.508 e. The fourth-order valence-corrected chi connectivity index (χ4v) is 4.86. The summed E-state index contributed by atoms with van der Waals surface area (Å²) in [7, 11) is 0. The molecule has 1 aliphatic rings. The van der Waals surface area contributed by atoms with Crippen molar-refractivity contribution in [1.82, 2.24) is 20.9 Å². The minimum atomic E-state index is -0.442. The summed E-state index contributed by atoms with van der Waals surface area (Å²) in [5.41, 5.74) is 4.90. The summed E-state index contributed by atoms with van der Waals surface area (Å²) >= 11 is 0. The number of carbonyl (C=O) groups is 2. The Hall–Kier alpha value is -3.93. The molecule has 0 saturated carbocycles. The quantitative estimate of drug-likeness (QED) is 0.123. The highest BCUT2D eigenvalue weighted by Gasteiger charge is 2.27. The number of benzene rings is 2. The fraction of sp³-hybridized carbons (Fsp3) is 0.433. The minimum absolute atomic E-state index is 0.0218. The number of carbonyl (C=O) groups excluding carboxylic acids is 2. The van der Waals surface area contributed by atoms with Gasteiger partial charge in [0.05, 0.1) is 24.3 Å². The average molecular weight is 567 g/mol. The molecule has 2 heterocycles. The number of rotatable bonds is 12. The largest absolute Gasteiger partial charge is 0.508 e. The van der Waals surface area contributed by atoms with E-state index >= 15 is 0 Å². The number of aromatic hydroxyl groups is 2. The molecule has 11 nitrogen and oxygen atoms in total. The van der Waals surface area contributed by atoms with Gasteiger partial charge in [0, 0.05) is 38.7 Å². The summed E-state index contributed by atoms with van der Waals surface area (Å²) in [5, 5.41) is 36.7. The van der Waals surface area contributed by atoms with Crippen LogP contribution in [0.25, 0.3) is 22.5 Å². The SMILES string of the molecule is CC(C)c1cc(-c2onc(C(=O)NCCCCCC(=O)NO)c2-c2ccc(CN3CCOCC3)cc2)c(O)cc1O. The Labute approximate surface area is 239 Å². The van der Waals surface area contributed by atoms with Crippen molar-refractivity contribution in [3.8, 4) is 33.9 Å². The molecule has 5 N–H and O–H groups in total. The molecule has 2 amide bonds. The van der Waals surface area contributed by atoms with Crippen LogP contribution in [0.5, 0.6) is 11.5 Å². The maximum absolute atomic E-state index is 13.3. The highest BCUT2D eigenvalue weighted by molar-refractivity contribution is 6.02. The van der Waals surface area contributed by atoms with Crippen molar-refractivity contribution in [2.24, 2.45) is 0 Å². The number of nitrogens with one attached hydrogen (secondary N) is 2. The van der Waals surface area contributed by atoms with Gasteiger partial charge in [-0.05, 0) is 41.5 Å². The van der Waals surface area contributed by atoms with E-state index < -0.39 is 11.8 Å². The second kappa shape index (κ2) is 14.1. The van der Waals surface area contributed by atoms with Crippen molar-refractivity contribution in [3.05, 3.63) is 53.2 Å². The Morgan fingerprint density at radius 1 is 1.02 bits per heavy atom. The molecule has 0 spiro atoms. The molecular formula is C30H38N4O7. The van der Waals surface area contributed by atoms with Crippen molar-refractivity contribution in [2.75, 3.05) is 32.8 Å². The van der Waals surface area contributed by atoms with Crippen molar-refractivity contribution in [2.45, 2.75) is 52.0 Å². The molecule has 3 aromatic rings. The van der Waals surface area contributed by atoms with Gasteiger partial charge in [0.15, 0.2) is 11.5 Å². The molecule has 11 heteroatoms. The molecule has 0 aliphatic carbocycles. The first kappa shape index (κ1) is 30.0. The molecule has 0 unspecified atom stereocenters. The first-order chi connectivity index (χ1) is 19.8. The molecule has 4 rings (SSSR count). The van der Waals surface area contributed by atoms with Gasteiger partial charge < -0.3 is 24.8 Å². The normalized spacial score (nSPS) is 13.9. The Morgan fingerprint density at radius 3 is 2.44 bits per heavy atom. The van der Waals surface area contributed by atoms with Gasteiger partial charge in [-0.1, -0.05) is 49.7 Å². The molecule has 220 valence electrons. The molecule has 0 bridgehead atoms. The predicted molar refractivity (Wildman–Crippen MR) is 152 cm³/mol. The number of hydrogen-bond acceptors (Lipinski definition) is 9. The van der Waals surface area contributed by atoms with E-state index in [2.05, 4.69) is 15.4 Å². The van der Waals surface area contributed by atoms with Gasteiger partial charge in [-0.2, -0.15) is 0 Å². The van der Waals surface area contributed by atoms with E-state index in [0.717, 1.165) is 25.2 Å². The van der Waals surface area contributed by atoms with Gasteiger partial charge in [0.2, 0.25) is 5.91 Å². The highest BCUT2D eigenvalue weighted by atomic mass is 16.5. The maximum atomic E-state index is 13.3. The van der Waals surface area contributed by atoms with Gasteiger partial charge >= 0.3 is 0 Å². The predicted octanol–water partition coefficient (Wildman–Crippen LogP) is 4.17. The topological polar surface area (TPSA) is 157 Å². The van der Waals surface area contributed by atoms with Crippen molar-refractivity contribution >= 4 is 11.8 Å². The Balaban J connectivity index is 1.60. The monoisotopic (exact) mass is 566 g/mol. The van der Waals surface area contributed by atoms with E-state index in [1.54, 1.807) is 11.5 Å². The lowest BCUT2D eigenvalue weighted by Gasteiger charge is -2.26. The first-order valence-electron chi connectivity index (χ1n) is 13.9. The van der Waals surface area contributed by atoms with Crippen LogP contribution >= 0.6 is 0 Å². The third-order valence-electron chi connectivity index (χ3n) is 7.16. The lowest BCUT2D eigenvalue weighted by molar-refractivity contribution is -0.129. The third kappa shape index (κ3) is 7.63. The van der Waals surface area contributed by atoms with Crippen LogP contribution in [0.2, 0.25) is 0 Å². The molecule has 1 aromatic heterocycles. The van der Waals surface area contributed by atoms with Crippen LogP contribution in [-0.2, 0) is 16.1 Å². The van der Waals surface area contributed by atoms with Crippen LogP contribution in [0.4, 0.5) is 0 Å². The zero-order chi connectivity index (χ0) is 29.4. The standard InChI is InChI=1S/C30H38N4O7/c1-19(2)22-16-23(25(36)17-24(22)35)29-27(21-9-7-20(8-10-21)18-34-12-14-40-15-13-34)28(33-41-29)30(38)31-11-5-3-4-6-26(37)32-39/h7-10,16-17,19,35-36,39H,3-6,11-15,18H2,1-2H3,(H,31,38)(H,32,37). The van der Waals surface area contributed by atoms with Crippen molar-refractivity contribution in [3.63, 3.8) is 0 Å². The van der Waals surface area contributed by atoms with Gasteiger partial charge in [-0.25, -0.2) is 5.48 Å². The number of unbranched alkanes of at least 4 members (excludes halogenated alkanes) is 2. The van der Waals surface area contributed by atoms with Crippen LogP contribution in [0.3, 0.4) is 0 Å². The molecule has 1 aliphatic heterocycles. The summed E-state index contributed by atoms with van der Waals surface area (Å²) in [4.78, 5) is 26.7. The summed E-state index contributed by atoms with van der Waals surface area (Å²) in [6.45, 7) is 8.17. The molecule has 0 radical (unpaired) electrons. The number of phenolic OH excluding ortho intramolecular Hbond substituents is 2. The summed E-state index contributed by atoms with van der Waals surface area (Å²) in [6, 6.07) is 10.8. The number of hydroxylamine groups is 1. The van der Waals surface area contributed by atoms with Crippen LogP contribution in [-0.4, -0.2) is 70.1 Å². The van der Waals surface area contributed by atoms with E-state index in [1.165, 1.54) is 6.07 Å². The maximum Gasteiger partial charge on any atom is 0.274 e. The van der Waals surface area contributed by atoms with Crippen LogP contribution in [0.15, 0.2) is 40.9 Å². The number of hydrogen-bond donors (Lipinski definition) is 5. The van der Waals surface area contributed by atoms with Crippen molar-refractivity contribution < 1.29 is 34.3 Å². The van der Waals surface area contributed by atoms with E-state index in [9.17, 15) is 19.8 Å². The van der Waals surface area contributed by atoms with Crippen LogP contribution in [0, 0.1) is 0 Å². The summed E-state index contributed by atoms with van der Waals surface area (Å²) in [5.74, 6) is -0.876. The Morgan fingerprint density at radius 2 is 1.76 bits per heavy atom. The molecule has 0 atom stereocenters. The van der Waals surface area contributed by atoms with Crippen LogP contribution < -0.4 is 10.8 Å². The van der Waals surface area contributed by atoms with Gasteiger partial charge in [0.1, 0.15) is 11.5 Å². The van der Waals surface area contributed by atoms with Gasteiger partial charge in [-0.3, -0.25) is 19.7 Å². The number of morpholine rings is 1. The lowest BCUT2D eigenvalue weighted by Crippen LogP contribution is -2.35. The van der Waals surface area contributed by atoms with Crippen LogP contribution in [0.1, 0.15) is 67.1 Å². The Bertz CT molecular complexity index is 1330. The molecular weight excluding hydrogens is 528 g/mol. The lowest BCUT2D eigenvalue weighted by atomic mass is 9.94. The molecule has 2 aromatic carbocycles. The summed E-state index contributed by atoms with van der Waals surface area (Å²) in [6.07, 6.45) is 2.11. The first-order valence-corrected chi connectivity index (χ1v) is 13.9. The van der Waals surface area contributed by atoms with E-state index in [0.29, 0.717) is 61.3 Å². The third-order valence-corrected chi connectivity index (χ3v) is 7.16. The molecule has 41 heavy (non-hydrogen) atoms. The highest BCUT2D eigenvalue weighted by Crippen LogP contribution is 2.43. The molecule has 1 saturated heterocycles. The number of aromatic nitrogens is 1. The van der Waals surface area contributed by atoms with E-state index in [1.807, 2.05) is 38.1 Å². The zero-order valence-electron chi connectivity index (χ0n) is 23.5. The smallest absolute Gasteiger partial charge is 0.274 e. The second-order valence-electron chi connectivity index (χ2n) is 10.5. The van der Waals surface area contributed by atoms with E-state index in [4.69, 9.17) is 14.5 Å². The zero-order valence-corrected chi connectivity index (χ0v) is 23.5. The second-order valence-corrected chi connectivity index (χ2v) is 10.5. The number of phenols is 2. The van der Waals surface area contributed by atoms with Crippen molar-refractivity contribution in [1.29, 1.82) is 0 Å². The van der Waals surface area contributed by atoms with E-state index in [-0.39, 0.29) is 35.3 Å². The molecule has 1 fully saturated rings. The Kier molecular flexibility index (Phi) is 10.3. The fourth-order valence-electron chi connectivity index (χ4n) is 4.86.